The molecule has 2 atom stereocenters. The first-order valence-corrected chi connectivity index (χ1v) is 6.97. The lowest BCUT2D eigenvalue weighted by atomic mass is 9.99. The summed E-state index contributed by atoms with van der Waals surface area (Å²) in [5.74, 6) is 0.00506. The van der Waals surface area contributed by atoms with Crippen LogP contribution in [-0.4, -0.2) is 17.5 Å². The number of rotatable bonds is 7. The first-order chi connectivity index (χ1) is 8.01. The molecule has 0 radical (unpaired) electrons. The van der Waals surface area contributed by atoms with Crippen LogP contribution >= 0.6 is 22.6 Å². The number of halogens is 1. The van der Waals surface area contributed by atoms with Crippen molar-refractivity contribution in [1.29, 1.82) is 0 Å². The third kappa shape index (κ3) is 8.32. The molecule has 0 aromatic heterocycles. The largest absolute Gasteiger partial charge is 0.392 e. The quantitative estimate of drug-likeness (QED) is 0.329. The molecule has 0 aromatic rings. The molecule has 0 bridgehead atoms. The third-order valence-electron chi connectivity index (χ3n) is 2.55. The zero-order chi connectivity index (χ0) is 13.3. The van der Waals surface area contributed by atoms with Gasteiger partial charge in [0.05, 0.1) is 6.10 Å². The molecule has 0 saturated heterocycles. The molecule has 3 heteroatoms. The second-order valence-corrected chi connectivity index (χ2v) is 4.99. The van der Waals surface area contributed by atoms with Crippen molar-refractivity contribution < 1.29 is 9.90 Å². The predicted octanol–water partition coefficient (Wildman–Crippen LogP) is 3.80. The van der Waals surface area contributed by atoms with Crippen LogP contribution in [0, 0.1) is 5.92 Å². The summed E-state index contributed by atoms with van der Waals surface area (Å²) in [6.07, 6.45) is 7.13. The Hall–Kier alpha value is -0.420. The van der Waals surface area contributed by atoms with E-state index in [9.17, 15) is 9.90 Å². The summed E-state index contributed by atoms with van der Waals surface area (Å²) in [6.45, 7) is 6.07. The Labute approximate surface area is 118 Å². The Morgan fingerprint density at radius 1 is 1.35 bits per heavy atom. The molecule has 17 heavy (non-hydrogen) atoms. The van der Waals surface area contributed by atoms with Crippen LogP contribution in [0.25, 0.3) is 0 Å². The topological polar surface area (TPSA) is 37.3 Å². The molecule has 2 nitrogen and oxygen atoms in total. The standard InChI is InChI=1S/C14H21IO2/c1-11(9-12(2)10-15)6-7-14(17)13(3)5-4-8-16/h4-6,8,10,13-14,17H,7,9H2,1-3H3/b5-4+,11-6+,12-10+/t13-,14-/m0/s1. The zero-order valence-corrected chi connectivity index (χ0v) is 12.8. The van der Waals surface area contributed by atoms with E-state index in [0.717, 1.165) is 12.7 Å². The number of aldehydes is 1. The van der Waals surface area contributed by atoms with Gasteiger partial charge < -0.3 is 5.11 Å². The number of aliphatic hydroxyl groups excluding tert-OH is 1. The maximum absolute atomic E-state index is 10.2. The first kappa shape index (κ1) is 16.6. The van der Waals surface area contributed by atoms with Gasteiger partial charge in [0.2, 0.25) is 0 Å². The Morgan fingerprint density at radius 2 is 2.00 bits per heavy atom. The third-order valence-corrected chi connectivity index (χ3v) is 3.62. The van der Waals surface area contributed by atoms with Crippen LogP contribution in [0.15, 0.2) is 33.5 Å². The molecule has 0 rings (SSSR count). The van der Waals surface area contributed by atoms with Gasteiger partial charge in [0.25, 0.3) is 0 Å². The molecule has 0 spiro atoms. The van der Waals surface area contributed by atoms with Crippen molar-refractivity contribution in [3.05, 3.63) is 33.5 Å². The SMILES string of the molecule is C/C(=C\I)C/C(C)=C/C[C@H](O)[C@@H](C)/C=C/C=O. The molecule has 96 valence electrons. The smallest absolute Gasteiger partial charge is 0.142 e. The van der Waals surface area contributed by atoms with Gasteiger partial charge in [-0.15, -0.1) is 0 Å². The average Bonchev–Trinajstić information content (AvgIpc) is 2.32. The lowest BCUT2D eigenvalue weighted by Gasteiger charge is -2.13. The Morgan fingerprint density at radius 3 is 2.53 bits per heavy atom. The Bertz CT molecular complexity index is 316. The highest BCUT2D eigenvalue weighted by atomic mass is 127. The van der Waals surface area contributed by atoms with E-state index in [0.29, 0.717) is 6.42 Å². The fourth-order valence-corrected chi connectivity index (χ4v) is 1.66. The number of hydrogen-bond donors (Lipinski definition) is 1. The second kappa shape index (κ2) is 9.59. The van der Waals surface area contributed by atoms with Crippen molar-refractivity contribution in [3.8, 4) is 0 Å². The van der Waals surface area contributed by atoms with Crippen molar-refractivity contribution in [2.45, 2.75) is 39.7 Å². The van der Waals surface area contributed by atoms with Crippen molar-refractivity contribution in [1.82, 2.24) is 0 Å². The van der Waals surface area contributed by atoms with Gasteiger partial charge in [-0.1, -0.05) is 52.8 Å². The molecule has 0 aliphatic heterocycles. The van der Waals surface area contributed by atoms with Gasteiger partial charge in [0.15, 0.2) is 0 Å². The fraction of sp³-hybridized carbons (Fsp3) is 0.500. The van der Waals surface area contributed by atoms with Gasteiger partial charge in [-0.05, 0) is 36.8 Å². The van der Waals surface area contributed by atoms with Gasteiger partial charge in [0, 0.05) is 5.92 Å². The molecule has 0 amide bonds. The maximum atomic E-state index is 10.2. The molecule has 0 aliphatic rings. The minimum absolute atomic E-state index is 0.00506. The normalized spacial score (nSPS) is 17.2. The van der Waals surface area contributed by atoms with E-state index in [1.165, 1.54) is 17.2 Å². The Kier molecular flexibility index (Phi) is 9.36. The van der Waals surface area contributed by atoms with E-state index in [1.54, 1.807) is 6.08 Å². The van der Waals surface area contributed by atoms with E-state index >= 15 is 0 Å². The van der Waals surface area contributed by atoms with E-state index in [4.69, 9.17) is 0 Å². The molecule has 0 unspecified atom stereocenters. The lowest BCUT2D eigenvalue weighted by molar-refractivity contribution is -0.104. The fourth-order valence-electron chi connectivity index (χ4n) is 1.44. The summed E-state index contributed by atoms with van der Waals surface area (Å²) in [5, 5.41) is 9.86. The zero-order valence-electron chi connectivity index (χ0n) is 10.7. The molecule has 0 aliphatic carbocycles. The van der Waals surface area contributed by atoms with E-state index < -0.39 is 6.10 Å². The van der Waals surface area contributed by atoms with E-state index in [1.807, 2.05) is 6.92 Å². The summed E-state index contributed by atoms with van der Waals surface area (Å²) in [7, 11) is 0. The molecule has 1 N–H and O–H groups in total. The number of aliphatic hydroxyl groups is 1. The molecule has 0 saturated carbocycles. The van der Waals surface area contributed by atoms with Gasteiger partial charge in [-0.25, -0.2) is 0 Å². The Balaban J connectivity index is 4.20. The van der Waals surface area contributed by atoms with E-state index in [-0.39, 0.29) is 5.92 Å². The molecule has 0 heterocycles. The number of carbonyl (C=O) groups is 1. The molecule has 0 aromatic carbocycles. The van der Waals surface area contributed by atoms with Crippen LogP contribution in [0.2, 0.25) is 0 Å². The van der Waals surface area contributed by atoms with Crippen molar-refractivity contribution >= 4 is 28.9 Å². The first-order valence-electron chi connectivity index (χ1n) is 5.72. The van der Waals surface area contributed by atoms with Crippen molar-refractivity contribution in [2.24, 2.45) is 5.92 Å². The average molecular weight is 348 g/mol. The van der Waals surface area contributed by atoms with Crippen molar-refractivity contribution in [3.63, 3.8) is 0 Å². The molecular weight excluding hydrogens is 327 g/mol. The highest BCUT2D eigenvalue weighted by molar-refractivity contribution is 14.1. The lowest BCUT2D eigenvalue weighted by Crippen LogP contribution is -2.14. The number of allylic oxidation sites excluding steroid dienone is 3. The summed E-state index contributed by atoms with van der Waals surface area (Å²) in [6, 6.07) is 0. The van der Waals surface area contributed by atoms with E-state index in [2.05, 4.69) is 46.6 Å². The molecular formula is C14H21IO2. The van der Waals surface area contributed by atoms with Crippen molar-refractivity contribution in [2.75, 3.05) is 0 Å². The highest BCUT2D eigenvalue weighted by Crippen LogP contribution is 2.15. The summed E-state index contributed by atoms with van der Waals surface area (Å²) in [4.78, 5) is 10.2. The number of carbonyl (C=O) groups excluding carboxylic acids is 1. The van der Waals surface area contributed by atoms with Crippen LogP contribution in [0.4, 0.5) is 0 Å². The minimum Gasteiger partial charge on any atom is -0.392 e. The monoisotopic (exact) mass is 348 g/mol. The van der Waals surface area contributed by atoms with Gasteiger partial charge in [-0.3, -0.25) is 4.79 Å². The van der Waals surface area contributed by atoms with Crippen LogP contribution in [0.3, 0.4) is 0 Å². The minimum atomic E-state index is -0.426. The second-order valence-electron chi connectivity index (χ2n) is 4.37. The van der Waals surface area contributed by atoms with Gasteiger partial charge in [-0.2, -0.15) is 0 Å². The summed E-state index contributed by atoms with van der Waals surface area (Å²) >= 11 is 2.23. The van der Waals surface area contributed by atoms with Crippen LogP contribution < -0.4 is 0 Å². The number of hydrogen-bond acceptors (Lipinski definition) is 2. The van der Waals surface area contributed by atoms with Gasteiger partial charge in [0.1, 0.15) is 6.29 Å². The van der Waals surface area contributed by atoms with Crippen LogP contribution in [0.5, 0.6) is 0 Å². The highest BCUT2D eigenvalue weighted by Gasteiger charge is 2.09. The van der Waals surface area contributed by atoms with Crippen LogP contribution in [-0.2, 0) is 4.79 Å². The summed E-state index contributed by atoms with van der Waals surface area (Å²) in [5.41, 5.74) is 2.59. The van der Waals surface area contributed by atoms with Crippen LogP contribution in [0.1, 0.15) is 33.6 Å². The molecule has 0 fully saturated rings. The van der Waals surface area contributed by atoms with Gasteiger partial charge >= 0.3 is 0 Å². The predicted molar refractivity (Wildman–Crippen MR) is 81.1 cm³/mol. The summed E-state index contributed by atoms with van der Waals surface area (Å²) < 4.78 is 2.07. The maximum Gasteiger partial charge on any atom is 0.142 e.